The van der Waals surface area contributed by atoms with Crippen molar-refractivity contribution in [3.05, 3.63) is 125 Å². The Labute approximate surface area is 239 Å². The molecule has 6 nitrogen and oxygen atoms in total. The largest absolute Gasteiger partial charge is 0.279 e. The molecule has 1 aromatic heterocycles. The summed E-state index contributed by atoms with van der Waals surface area (Å²) in [6, 6.07) is 29.6. The summed E-state index contributed by atoms with van der Waals surface area (Å²) in [6.07, 6.45) is 0. The summed E-state index contributed by atoms with van der Waals surface area (Å²) in [5.74, 6) is -0.238. The smallest absolute Gasteiger partial charge is 0.260 e. The number of hydrogen-bond acceptors (Lipinski definition) is 5. The second-order valence-corrected chi connectivity index (χ2v) is 12.6. The van der Waals surface area contributed by atoms with E-state index >= 15 is 0 Å². The molecule has 5 aromatic rings. The molecular weight excluding hydrogens is 539 g/mol. The van der Waals surface area contributed by atoms with E-state index in [0.717, 1.165) is 32.5 Å². The lowest BCUT2D eigenvalue weighted by Crippen LogP contribution is -2.31. The number of nitrogens with zero attached hydrogens (tertiary/aromatic N) is 3. The van der Waals surface area contributed by atoms with Gasteiger partial charge in [-0.2, -0.15) is 4.31 Å². The Balaban J connectivity index is 1.46. The SMILES string of the molecule is CCN(Cc1ccccc1)S(=O)(=O)c1ccc(C(=O)N(Cc2ccccc2)c2nc3c(C)c(C)ccc3s2)cc1. The van der Waals surface area contributed by atoms with Gasteiger partial charge in [-0.3, -0.25) is 9.69 Å². The van der Waals surface area contributed by atoms with Gasteiger partial charge in [-0.25, -0.2) is 13.4 Å². The van der Waals surface area contributed by atoms with E-state index in [1.54, 1.807) is 17.0 Å². The van der Waals surface area contributed by atoms with Crippen molar-refractivity contribution in [1.29, 1.82) is 0 Å². The number of amides is 1. The van der Waals surface area contributed by atoms with Crippen LogP contribution in [-0.4, -0.2) is 30.2 Å². The highest BCUT2D eigenvalue weighted by molar-refractivity contribution is 7.89. The first kappa shape index (κ1) is 27.7. The van der Waals surface area contributed by atoms with Gasteiger partial charge in [0, 0.05) is 18.7 Å². The first-order chi connectivity index (χ1) is 19.3. The van der Waals surface area contributed by atoms with Crippen LogP contribution in [0.4, 0.5) is 5.13 Å². The van der Waals surface area contributed by atoms with Crippen molar-refractivity contribution in [3.63, 3.8) is 0 Å². The Kier molecular flexibility index (Phi) is 8.12. The number of carbonyl (C=O) groups is 1. The molecule has 0 bridgehead atoms. The number of thiazole rings is 1. The molecule has 0 spiro atoms. The summed E-state index contributed by atoms with van der Waals surface area (Å²) in [5.41, 5.74) is 5.42. The van der Waals surface area contributed by atoms with Gasteiger partial charge in [0.05, 0.1) is 21.7 Å². The van der Waals surface area contributed by atoms with Crippen LogP contribution in [0.3, 0.4) is 0 Å². The predicted molar refractivity (Wildman–Crippen MR) is 162 cm³/mol. The quantitative estimate of drug-likeness (QED) is 0.192. The van der Waals surface area contributed by atoms with Gasteiger partial charge < -0.3 is 0 Å². The molecule has 0 fully saturated rings. The topological polar surface area (TPSA) is 70.6 Å². The number of hydrogen-bond donors (Lipinski definition) is 0. The molecule has 0 N–H and O–H groups in total. The van der Waals surface area contributed by atoms with Crippen LogP contribution in [-0.2, 0) is 23.1 Å². The normalized spacial score (nSPS) is 11.7. The third-order valence-corrected chi connectivity index (χ3v) is 10.0. The summed E-state index contributed by atoms with van der Waals surface area (Å²) in [4.78, 5) is 20.6. The van der Waals surface area contributed by atoms with E-state index in [1.165, 1.54) is 27.8 Å². The van der Waals surface area contributed by atoms with Gasteiger partial charge in [0.25, 0.3) is 5.91 Å². The van der Waals surface area contributed by atoms with Gasteiger partial charge >= 0.3 is 0 Å². The molecule has 0 atom stereocenters. The van der Waals surface area contributed by atoms with E-state index in [9.17, 15) is 13.2 Å². The molecule has 4 aromatic carbocycles. The van der Waals surface area contributed by atoms with Gasteiger partial charge in [-0.05, 0) is 66.4 Å². The predicted octanol–water partition coefficient (Wildman–Crippen LogP) is 6.97. The summed E-state index contributed by atoms with van der Waals surface area (Å²) in [6.45, 7) is 6.87. The second kappa shape index (κ2) is 11.7. The molecule has 40 heavy (non-hydrogen) atoms. The Morgan fingerprint density at radius 2 is 1.40 bits per heavy atom. The first-order valence-electron chi connectivity index (χ1n) is 13.1. The monoisotopic (exact) mass is 569 g/mol. The van der Waals surface area contributed by atoms with Crippen LogP contribution in [0.2, 0.25) is 0 Å². The van der Waals surface area contributed by atoms with E-state index in [4.69, 9.17) is 4.98 Å². The summed E-state index contributed by atoms with van der Waals surface area (Å²) in [7, 11) is -3.74. The standard InChI is InChI=1S/C32H31N3O3S2/c1-4-34(21-25-11-7-5-8-12-25)40(37,38)28-18-16-27(17-19-28)31(36)35(22-26-13-9-6-10-14-26)32-33-30-24(3)23(2)15-20-29(30)39-32/h5-20H,4,21-22H2,1-3H3. The zero-order chi connectivity index (χ0) is 28.3. The van der Waals surface area contributed by atoms with Gasteiger partial charge in [0.15, 0.2) is 5.13 Å². The Hall–Kier alpha value is -3.85. The minimum Gasteiger partial charge on any atom is -0.279 e. The molecule has 0 saturated heterocycles. The van der Waals surface area contributed by atoms with Crippen molar-refractivity contribution in [2.24, 2.45) is 0 Å². The molecule has 0 aliphatic rings. The minimum absolute atomic E-state index is 0.155. The highest BCUT2D eigenvalue weighted by Crippen LogP contribution is 2.33. The highest BCUT2D eigenvalue weighted by atomic mass is 32.2. The summed E-state index contributed by atoms with van der Waals surface area (Å²) >= 11 is 1.48. The van der Waals surface area contributed by atoms with E-state index in [-0.39, 0.29) is 17.3 Å². The molecule has 5 rings (SSSR count). The Bertz CT molecular complexity index is 1730. The molecule has 8 heteroatoms. The molecule has 204 valence electrons. The molecular formula is C32H31N3O3S2. The number of sulfonamides is 1. The Morgan fingerprint density at radius 3 is 2.00 bits per heavy atom. The van der Waals surface area contributed by atoms with Crippen molar-refractivity contribution in [1.82, 2.24) is 9.29 Å². The lowest BCUT2D eigenvalue weighted by atomic mass is 10.1. The maximum Gasteiger partial charge on any atom is 0.260 e. The minimum atomic E-state index is -3.74. The number of benzene rings is 4. The number of anilines is 1. The summed E-state index contributed by atoms with van der Waals surface area (Å²) in [5, 5.41) is 0.606. The number of carbonyl (C=O) groups excluding carboxylic acids is 1. The molecule has 0 radical (unpaired) electrons. The zero-order valence-corrected chi connectivity index (χ0v) is 24.4. The highest BCUT2D eigenvalue weighted by Gasteiger charge is 2.26. The van der Waals surface area contributed by atoms with Gasteiger partial charge in [-0.1, -0.05) is 85.0 Å². The van der Waals surface area contributed by atoms with Crippen molar-refractivity contribution < 1.29 is 13.2 Å². The van der Waals surface area contributed by atoms with Crippen molar-refractivity contribution >= 4 is 42.6 Å². The number of fused-ring (bicyclic) bond motifs is 1. The average molecular weight is 570 g/mol. The van der Waals surface area contributed by atoms with Crippen molar-refractivity contribution in [2.45, 2.75) is 38.8 Å². The fraction of sp³-hybridized carbons (Fsp3) is 0.188. The molecule has 0 aliphatic carbocycles. The van der Waals surface area contributed by atoms with Crippen LogP contribution < -0.4 is 4.90 Å². The van der Waals surface area contributed by atoms with Crippen LogP contribution in [0.5, 0.6) is 0 Å². The van der Waals surface area contributed by atoms with Crippen LogP contribution in [0, 0.1) is 13.8 Å². The van der Waals surface area contributed by atoms with Gasteiger partial charge in [0.1, 0.15) is 0 Å². The lowest BCUT2D eigenvalue weighted by Gasteiger charge is -2.22. The van der Waals surface area contributed by atoms with E-state index < -0.39 is 10.0 Å². The van der Waals surface area contributed by atoms with E-state index in [2.05, 4.69) is 13.0 Å². The Morgan fingerprint density at radius 1 is 0.800 bits per heavy atom. The maximum absolute atomic E-state index is 13.9. The molecule has 1 amide bonds. The molecule has 0 unspecified atom stereocenters. The van der Waals surface area contributed by atoms with E-state index in [1.807, 2.05) is 80.6 Å². The second-order valence-electron chi connectivity index (χ2n) is 9.67. The first-order valence-corrected chi connectivity index (χ1v) is 15.4. The van der Waals surface area contributed by atoms with E-state index in [0.29, 0.717) is 23.8 Å². The van der Waals surface area contributed by atoms with Crippen LogP contribution in [0.25, 0.3) is 10.2 Å². The number of aromatic nitrogens is 1. The van der Waals surface area contributed by atoms with Crippen LogP contribution >= 0.6 is 11.3 Å². The fourth-order valence-electron chi connectivity index (χ4n) is 4.55. The molecule has 0 aliphatic heterocycles. The van der Waals surface area contributed by atoms with Crippen LogP contribution in [0.15, 0.2) is 102 Å². The number of aryl methyl sites for hydroxylation is 2. The maximum atomic E-state index is 13.9. The zero-order valence-electron chi connectivity index (χ0n) is 22.7. The van der Waals surface area contributed by atoms with Crippen LogP contribution in [0.1, 0.15) is 39.5 Å². The number of rotatable bonds is 9. The third kappa shape index (κ3) is 5.70. The van der Waals surface area contributed by atoms with Gasteiger partial charge in [0.2, 0.25) is 10.0 Å². The average Bonchev–Trinajstić information content (AvgIpc) is 3.42. The third-order valence-electron chi connectivity index (χ3n) is 7.03. The summed E-state index contributed by atoms with van der Waals surface area (Å²) < 4.78 is 29.3. The molecule has 1 heterocycles. The molecule has 0 saturated carbocycles. The van der Waals surface area contributed by atoms with Crippen molar-refractivity contribution in [3.8, 4) is 0 Å². The van der Waals surface area contributed by atoms with Crippen molar-refractivity contribution in [2.75, 3.05) is 11.4 Å². The lowest BCUT2D eigenvalue weighted by molar-refractivity contribution is 0.0985. The van der Waals surface area contributed by atoms with Gasteiger partial charge in [-0.15, -0.1) is 0 Å². The fourth-order valence-corrected chi connectivity index (χ4v) is 7.01.